The number of amides is 1. The molecule has 2 atom stereocenters. The van der Waals surface area contributed by atoms with Gasteiger partial charge in [-0.1, -0.05) is 0 Å². The average molecular weight is 253 g/mol. The van der Waals surface area contributed by atoms with Crippen LogP contribution in [-0.2, 0) is 4.79 Å². The van der Waals surface area contributed by atoms with Crippen molar-refractivity contribution in [3.8, 4) is 5.75 Å². The molecule has 0 radical (unpaired) electrons. The van der Waals surface area contributed by atoms with E-state index in [1.165, 1.54) is 25.3 Å². The van der Waals surface area contributed by atoms with Crippen molar-refractivity contribution < 1.29 is 19.0 Å². The summed E-state index contributed by atoms with van der Waals surface area (Å²) in [5.41, 5.74) is 0.419. The lowest BCUT2D eigenvalue weighted by Crippen LogP contribution is -2.28. The molecule has 98 valence electrons. The van der Waals surface area contributed by atoms with Gasteiger partial charge in [0.25, 0.3) is 0 Å². The number of hydrogen-bond donors (Lipinski definition) is 2. The van der Waals surface area contributed by atoms with Crippen LogP contribution in [-0.4, -0.2) is 24.2 Å². The van der Waals surface area contributed by atoms with E-state index in [1.54, 1.807) is 0 Å². The molecule has 1 amide bonds. The summed E-state index contributed by atoms with van der Waals surface area (Å²) in [5.74, 6) is -0.786. The molecule has 0 bridgehead atoms. The monoisotopic (exact) mass is 253 g/mol. The van der Waals surface area contributed by atoms with Crippen LogP contribution in [0, 0.1) is 11.7 Å². The number of benzene rings is 1. The Hall–Kier alpha value is -1.62. The Morgan fingerprint density at radius 2 is 2.28 bits per heavy atom. The zero-order valence-electron chi connectivity index (χ0n) is 10.1. The van der Waals surface area contributed by atoms with Gasteiger partial charge in [0.05, 0.1) is 24.8 Å². The normalized spacial score (nSPS) is 22.8. The minimum Gasteiger partial charge on any atom is -0.494 e. The molecule has 1 aromatic carbocycles. The summed E-state index contributed by atoms with van der Waals surface area (Å²) in [6.07, 6.45) is 1.59. The Balaban J connectivity index is 2.11. The molecule has 0 aromatic heterocycles. The second-order valence-electron chi connectivity index (χ2n) is 4.44. The summed E-state index contributed by atoms with van der Waals surface area (Å²) in [6.45, 7) is 0. The van der Waals surface area contributed by atoms with Gasteiger partial charge in [0.2, 0.25) is 5.91 Å². The Labute approximate surface area is 105 Å². The van der Waals surface area contributed by atoms with E-state index in [2.05, 4.69) is 5.32 Å². The number of methoxy groups -OCH3 is 1. The van der Waals surface area contributed by atoms with Crippen LogP contribution in [0.25, 0.3) is 0 Å². The highest BCUT2D eigenvalue weighted by Crippen LogP contribution is 2.29. The summed E-state index contributed by atoms with van der Waals surface area (Å²) >= 11 is 0. The van der Waals surface area contributed by atoms with Gasteiger partial charge < -0.3 is 15.2 Å². The SMILES string of the molecule is COc1cc(F)ccc1NC(=O)C1CCCC1O. The molecule has 2 N–H and O–H groups in total. The average Bonchev–Trinajstić information content (AvgIpc) is 2.77. The van der Waals surface area contributed by atoms with Gasteiger partial charge in [-0.3, -0.25) is 4.79 Å². The van der Waals surface area contributed by atoms with Crippen molar-refractivity contribution in [2.45, 2.75) is 25.4 Å². The highest BCUT2D eigenvalue weighted by Gasteiger charge is 2.31. The molecule has 18 heavy (non-hydrogen) atoms. The topological polar surface area (TPSA) is 58.6 Å². The van der Waals surface area contributed by atoms with E-state index in [-0.39, 0.29) is 17.6 Å². The number of anilines is 1. The quantitative estimate of drug-likeness (QED) is 0.865. The summed E-state index contributed by atoms with van der Waals surface area (Å²) in [5, 5.41) is 12.3. The van der Waals surface area contributed by atoms with Gasteiger partial charge in [-0.15, -0.1) is 0 Å². The Kier molecular flexibility index (Phi) is 3.81. The maximum absolute atomic E-state index is 13.0. The van der Waals surface area contributed by atoms with Gasteiger partial charge in [-0.05, 0) is 31.4 Å². The summed E-state index contributed by atoms with van der Waals surface area (Å²) in [7, 11) is 1.41. The van der Waals surface area contributed by atoms with Crippen LogP contribution in [0.2, 0.25) is 0 Å². The van der Waals surface area contributed by atoms with Crippen LogP contribution in [0.4, 0.5) is 10.1 Å². The third kappa shape index (κ3) is 2.61. The lowest BCUT2D eigenvalue weighted by Gasteiger charge is -2.16. The lowest BCUT2D eigenvalue weighted by molar-refractivity contribution is -0.122. The minimum atomic E-state index is -0.587. The van der Waals surface area contributed by atoms with E-state index < -0.39 is 11.9 Å². The van der Waals surface area contributed by atoms with Crippen LogP contribution in [0.3, 0.4) is 0 Å². The number of aliphatic hydroxyl groups excluding tert-OH is 1. The first-order valence-electron chi connectivity index (χ1n) is 5.94. The van der Waals surface area contributed by atoms with Gasteiger partial charge in [0.15, 0.2) is 0 Å². The van der Waals surface area contributed by atoms with Gasteiger partial charge >= 0.3 is 0 Å². The zero-order valence-corrected chi connectivity index (χ0v) is 10.1. The molecule has 0 spiro atoms. The van der Waals surface area contributed by atoms with Crippen molar-refractivity contribution in [2.75, 3.05) is 12.4 Å². The molecule has 2 rings (SSSR count). The standard InChI is InChI=1S/C13H16FNO3/c1-18-12-7-8(14)5-6-10(12)15-13(17)9-3-2-4-11(9)16/h5-7,9,11,16H,2-4H2,1H3,(H,15,17). The molecule has 1 aromatic rings. The molecule has 4 nitrogen and oxygen atoms in total. The number of rotatable bonds is 3. The molecule has 0 heterocycles. The van der Waals surface area contributed by atoms with Crippen LogP contribution in [0.15, 0.2) is 18.2 Å². The number of hydrogen-bond acceptors (Lipinski definition) is 3. The maximum atomic E-state index is 13.0. The molecule has 2 unspecified atom stereocenters. The largest absolute Gasteiger partial charge is 0.494 e. The molecule has 0 saturated heterocycles. The fraction of sp³-hybridized carbons (Fsp3) is 0.462. The van der Waals surface area contributed by atoms with E-state index in [1.807, 2.05) is 0 Å². The van der Waals surface area contributed by atoms with Gasteiger partial charge in [0, 0.05) is 6.07 Å². The summed E-state index contributed by atoms with van der Waals surface area (Å²) in [4.78, 5) is 12.0. The van der Waals surface area contributed by atoms with Crippen LogP contribution < -0.4 is 10.1 Å². The van der Waals surface area contributed by atoms with E-state index >= 15 is 0 Å². The number of aliphatic hydroxyl groups is 1. The highest BCUT2D eigenvalue weighted by molar-refractivity contribution is 5.94. The highest BCUT2D eigenvalue weighted by atomic mass is 19.1. The van der Waals surface area contributed by atoms with Gasteiger partial charge in [-0.2, -0.15) is 0 Å². The first-order chi connectivity index (χ1) is 8.61. The Bertz CT molecular complexity index is 450. The van der Waals surface area contributed by atoms with Gasteiger partial charge in [-0.25, -0.2) is 4.39 Å². The van der Waals surface area contributed by atoms with Crippen molar-refractivity contribution in [2.24, 2.45) is 5.92 Å². The second-order valence-corrected chi connectivity index (χ2v) is 4.44. The van der Waals surface area contributed by atoms with Crippen LogP contribution in [0.1, 0.15) is 19.3 Å². The number of carbonyl (C=O) groups excluding carboxylic acids is 1. The maximum Gasteiger partial charge on any atom is 0.230 e. The number of halogens is 1. The molecule has 1 saturated carbocycles. The zero-order chi connectivity index (χ0) is 13.1. The molecular formula is C13H16FNO3. The third-order valence-corrected chi connectivity index (χ3v) is 3.24. The Morgan fingerprint density at radius 3 is 2.89 bits per heavy atom. The number of nitrogens with one attached hydrogen (secondary N) is 1. The molecule has 1 fully saturated rings. The summed E-state index contributed by atoms with van der Waals surface area (Å²) < 4.78 is 18.0. The van der Waals surface area contributed by atoms with Crippen molar-refractivity contribution >= 4 is 11.6 Å². The lowest BCUT2D eigenvalue weighted by atomic mass is 10.1. The fourth-order valence-corrected chi connectivity index (χ4v) is 2.24. The predicted molar refractivity (Wildman–Crippen MR) is 64.9 cm³/mol. The predicted octanol–water partition coefficient (Wildman–Crippen LogP) is 1.93. The fourth-order valence-electron chi connectivity index (χ4n) is 2.24. The third-order valence-electron chi connectivity index (χ3n) is 3.24. The van der Waals surface area contributed by atoms with Crippen LogP contribution >= 0.6 is 0 Å². The summed E-state index contributed by atoms with van der Waals surface area (Å²) in [6, 6.07) is 3.91. The van der Waals surface area contributed by atoms with E-state index in [4.69, 9.17) is 4.74 Å². The van der Waals surface area contributed by atoms with Crippen molar-refractivity contribution in [3.63, 3.8) is 0 Å². The van der Waals surface area contributed by atoms with E-state index in [9.17, 15) is 14.3 Å². The second kappa shape index (κ2) is 5.35. The molecular weight excluding hydrogens is 237 g/mol. The number of carbonyl (C=O) groups is 1. The van der Waals surface area contributed by atoms with Gasteiger partial charge in [0.1, 0.15) is 11.6 Å². The first-order valence-corrected chi connectivity index (χ1v) is 5.94. The molecule has 1 aliphatic carbocycles. The molecule has 5 heteroatoms. The van der Waals surface area contributed by atoms with Crippen molar-refractivity contribution in [1.29, 1.82) is 0 Å². The Morgan fingerprint density at radius 1 is 1.50 bits per heavy atom. The smallest absolute Gasteiger partial charge is 0.230 e. The van der Waals surface area contributed by atoms with Crippen molar-refractivity contribution in [3.05, 3.63) is 24.0 Å². The molecule has 0 aliphatic heterocycles. The number of ether oxygens (including phenoxy) is 1. The van der Waals surface area contributed by atoms with E-state index in [0.29, 0.717) is 18.5 Å². The molecule has 1 aliphatic rings. The minimum absolute atomic E-state index is 0.245. The first kappa shape index (κ1) is 12.8. The van der Waals surface area contributed by atoms with Crippen molar-refractivity contribution in [1.82, 2.24) is 0 Å². The van der Waals surface area contributed by atoms with E-state index in [0.717, 1.165) is 6.42 Å². The van der Waals surface area contributed by atoms with Crippen LogP contribution in [0.5, 0.6) is 5.75 Å².